The lowest BCUT2D eigenvalue weighted by atomic mass is 10.2. The summed E-state index contributed by atoms with van der Waals surface area (Å²) in [6.07, 6.45) is -3.93. The molecule has 1 saturated heterocycles. The number of hydrogen-bond acceptors (Lipinski definition) is 4. The van der Waals surface area contributed by atoms with Crippen molar-refractivity contribution in [3.05, 3.63) is 17.7 Å². The zero-order valence-electron chi connectivity index (χ0n) is 10.2. The molecule has 106 valence electrons. The van der Waals surface area contributed by atoms with E-state index in [2.05, 4.69) is 19.5 Å². The summed E-state index contributed by atoms with van der Waals surface area (Å²) >= 11 is 0. The van der Waals surface area contributed by atoms with Gasteiger partial charge in [0, 0.05) is 19.4 Å². The first-order valence-electron chi connectivity index (χ1n) is 5.86. The van der Waals surface area contributed by atoms with Crippen LogP contribution in [-0.4, -0.2) is 37.6 Å². The summed E-state index contributed by atoms with van der Waals surface area (Å²) in [6.45, 7) is 2.11. The molecule has 0 spiro atoms. The first-order chi connectivity index (χ1) is 9.00. The summed E-state index contributed by atoms with van der Waals surface area (Å²) in [6, 6.07) is 2.10. The van der Waals surface area contributed by atoms with Gasteiger partial charge in [0.1, 0.15) is 11.6 Å². The van der Waals surface area contributed by atoms with Crippen LogP contribution in [0.5, 0.6) is 0 Å². The van der Waals surface area contributed by atoms with Gasteiger partial charge in [0.25, 0.3) is 0 Å². The monoisotopic (exact) mass is 293 g/mol. The maximum absolute atomic E-state index is 12.9. The second-order valence-corrected chi connectivity index (χ2v) is 4.49. The lowest BCUT2D eigenvalue weighted by molar-refractivity contribution is -0.137. The van der Waals surface area contributed by atoms with Crippen molar-refractivity contribution in [3.63, 3.8) is 0 Å². The molecule has 1 aliphatic heterocycles. The van der Waals surface area contributed by atoms with Crippen LogP contribution in [0.2, 0.25) is 0 Å². The van der Waals surface area contributed by atoms with E-state index in [1.54, 1.807) is 4.90 Å². The van der Waals surface area contributed by atoms with Gasteiger partial charge in [-0.15, -0.1) is 9.24 Å². The highest BCUT2D eigenvalue weighted by Gasteiger charge is 2.32. The molecule has 1 fully saturated rings. The Bertz CT molecular complexity index is 436. The van der Waals surface area contributed by atoms with Crippen molar-refractivity contribution in [2.75, 3.05) is 42.8 Å². The number of halogens is 3. The highest BCUT2D eigenvalue weighted by molar-refractivity contribution is 7.16. The molecule has 0 saturated carbocycles. The second kappa shape index (κ2) is 5.92. The SMILES string of the molecule is FC(F)(F)c1cc(NCP)nc(N2CCOCC2)c1. The van der Waals surface area contributed by atoms with Crippen molar-refractivity contribution < 1.29 is 17.9 Å². The Labute approximate surface area is 111 Å². The first kappa shape index (κ1) is 14.3. The molecule has 2 heterocycles. The molecule has 1 aliphatic rings. The van der Waals surface area contributed by atoms with Crippen LogP contribution in [0.4, 0.5) is 24.8 Å². The summed E-state index contributed by atoms with van der Waals surface area (Å²) in [4.78, 5) is 6.00. The molecule has 19 heavy (non-hydrogen) atoms. The number of aromatic nitrogens is 1. The Hall–Kier alpha value is -1.07. The molecule has 1 unspecified atom stereocenters. The zero-order valence-corrected chi connectivity index (χ0v) is 11.4. The standard InChI is InChI=1S/C11H15F3N3OP/c12-11(13,14)8-5-9(15-7-19)16-10(6-8)17-1-3-18-4-2-17/h5-6H,1-4,7,19H2,(H,15,16). The van der Waals surface area contributed by atoms with Gasteiger partial charge in [0.15, 0.2) is 0 Å². The second-order valence-electron chi connectivity index (χ2n) is 4.08. The third kappa shape index (κ3) is 3.70. The average Bonchev–Trinajstić information content (AvgIpc) is 2.39. The highest BCUT2D eigenvalue weighted by atomic mass is 31.0. The van der Waals surface area contributed by atoms with E-state index >= 15 is 0 Å². The van der Waals surface area contributed by atoms with Crippen LogP contribution >= 0.6 is 9.24 Å². The van der Waals surface area contributed by atoms with Crippen LogP contribution in [0.25, 0.3) is 0 Å². The Morgan fingerprint density at radius 2 is 2.00 bits per heavy atom. The average molecular weight is 293 g/mol. The molecule has 1 atom stereocenters. The number of anilines is 2. The fourth-order valence-corrected chi connectivity index (χ4v) is 2.04. The van der Waals surface area contributed by atoms with Crippen molar-refractivity contribution in [1.29, 1.82) is 0 Å². The fourth-order valence-electron chi connectivity index (χ4n) is 1.83. The van der Waals surface area contributed by atoms with Gasteiger partial charge in [-0.05, 0) is 12.1 Å². The van der Waals surface area contributed by atoms with Crippen molar-refractivity contribution in [3.8, 4) is 0 Å². The predicted octanol–water partition coefficient (Wildman–Crippen LogP) is 2.18. The van der Waals surface area contributed by atoms with E-state index in [9.17, 15) is 13.2 Å². The van der Waals surface area contributed by atoms with Crippen LogP contribution in [-0.2, 0) is 10.9 Å². The number of pyridine rings is 1. The van der Waals surface area contributed by atoms with E-state index in [1.807, 2.05) is 0 Å². The van der Waals surface area contributed by atoms with Crippen molar-refractivity contribution in [2.24, 2.45) is 0 Å². The van der Waals surface area contributed by atoms with Crippen molar-refractivity contribution in [2.45, 2.75) is 6.18 Å². The molecular weight excluding hydrogens is 278 g/mol. The molecule has 1 aromatic rings. The number of alkyl halides is 3. The molecule has 4 nitrogen and oxygen atoms in total. The molecule has 0 aromatic carbocycles. The van der Waals surface area contributed by atoms with Gasteiger partial charge < -0.3 is 15.0 Å². The first-order valence-corrected chi connectivity index (χ1v) is 6.68. The summed E-state index contributed by atoms with van der Waals surface area (Å²) in [5.41, 5.74) is -0.690. The van der Waals surface area contributed by atoms with Gasteiger partial charge in [-0.1, -0.05) is 0 Å². The molecule has 1 N–H and O–H groups in total. The van der Waals surface area contributed by atoms with Gasteiger partial charge in [-0.25, -0.2) is 4.98 Å². The minimum Gasteiger partial charge on any atom is -0.378 e. The van der Waals surface area contributed by atoms with Gasteiger partial charge in [-0.2, -0.15) is 13.2 Å². The maximum Gasteiger partial charge on any atom is 0.416 e. The maximum atomic E-state index is 12.9. The zero-order chi connectivity index (χ0) is 13.9. The van der Waals surface area contributed by atoms with E-state index < -0.39 is 11.7 Å². The molecule has 0 aliphatic carbocycles. The van der Waals surface area contributed by atoms with E-state index in [-0.39, 0.29) is 5.82 Å². The predicted molar refractivity (Wildman–Crippen MR) is 70.5 cm³/mol. The van der Waals surface area contributed by atoms with Crippen LogP contribution < -0.4 is 10.2 Å². The van der Waals surface area contributed by atoms with E-state index in [1.165, 1.54) is 0 Å². The lowest BCUT2D eigenvalue weighted by Gasteiger charge is -2.28. The Morgan fingerprint density at radius 3 is 2.58 bits per heavy atom. The summed E-state index contributed by atoms with van der Waals surface area (Å²) in [5.74, 6) is 0.561. The molecule has 0 amide bonds. The molecule has 0 bridgehead atoms. The molecule has 2 rings (SSSR count). The Morgan fingerprint density at radius 1 is 1.32 bits per heavy atom. The van der Waals surface area contributed by atoms with E-state index in [4.69, 9.17) is 4.74 Å². The number of nitrogens with one attached hydrogen (secondary N) is 1. The van der Waals surface area contributed by atoms with Gasteiger partial charge in [0.05, 0.1) is 18.8 Å². The van der Waals surface area contributed by atoms with Crippen molar-refractivity contribution >= 4 is 20.9 Å². The molecule has 0 radical (unpaired) electrons. The minimum absolute atomic E-state index is 0.228. The largest absolute Gasteiger partial charge is 0.416 e. The van der Waals surface area contributed by atoms with Crippen LogP contribution in [0.3, 0.4) is 0 Å². The molecule has 1 aromatic heterocycles. The number of hydrogen-bond donors (Lipinski definition) is 1. The number of ether oxygens (including phenoxy) is 1. The smallest absolute Gasteiger partial charge is 0.378 e. The van der Waals surface area contributed by atoms with Gasteiger partial charge in [0.2, 0.25) is 0 Å². The topological polar surface area (TPSA) is 37.4 Å². The minimum atomic E-state index is -4.37. The van der Waals surface area contributed by atoms with E-state index in [0.29, 0.717) is 38.4 Å². The van der Waals surface area contributed by atoms with Gasteiger partial charge >= 0.3 is 6.18 Å². The molecule has 8 heteroatoms. The highest BCUT2D eigenvalue weighted by Crippen LogP contribution is 2.33. The Kier molecular flexibility index (Phi) is 4.47. The quantitative estimate of drug-likeness (QED) is 0.867. The third-order valence-electron chi connectivity index (χ3n) is 2.76. The summed E-state index contributed by atoms with van der Waals surface area (Å²) < 4.78 is 43.7. The number of rotatable bonds is 3. The van der Waals surface area contributed by atoms with Gasteiger partial charge in [-0.3, -0.25) is 0 Å². The van der Waals surface area contributed by atoms with Crippen LogP contribution in [0.15, 0.2) is 12.1 Å². The Balaban J connectivity index is 2.33. The van der Waals surface area contributed by atoms with Crippen molar-refractivity contribution in [1.82, 2.24) is 4.98 Å². The summed E-state index contributed by atoms with van der Waals surface area (Å²) in [7, 11) is 2.39. The van der Waals surface area contributed by atoms with Crippen LogP contribution in [0, 0.1) is 0 Å². The third-order valence-corrected chi connectivity index (χ3v) is 2.96. The fraction of sp³-hybridized carbons (Fsp3) is 0.545. The molecular formula is C11H15F3N3OP. The normalized spacial score (nSPS) is 16.5. The number of nitrogens with zero attached hydrogens (tertiary/aromatic N) is 2. The number of morpholine rings is 1. The lowest BCUT2D eigenvalue weighted by Crippen LogP contribution is -2.37. The van der Waals surface area contributed by atoms with E-state index in [0.717, 1.165) is 12.1 Å². The summed E-state index contributed by atoms with van der Waals surface area (Å²) in [5, 5.41) is 2.79. The van der Waals surface area contributed by atoms with Crippen LogP contribution in [0.1, 0.15) is 5.56 Å².